The van der Waals surface area contributed by atoms with Crippen molar-refractivity contribution in [1.29, 1.82) is 0 Å². The number of rotatable bonds is 5. The standard InChI is InChI=1S/C20H29N5/c1-3-21-20(22-12-15-25-13-7-11-23-25)24-14-10-19(17(2)16-24)18-8-5-4-6-9-18/h4-9,11,13,17,19H,3,10,12,14-16H2,1-2H3,(H,21,22). The maximum Gasteiger partial charge on any atom is 0.193 e. The zero-order chi connectivity index (χ0) is 17.5. The molecular weight excluding hydrogens is 310 g/mol. The smallest absolute Gasteiger partial charge is 0.193 e. The van der Waals surface area contributed by atoms with Crippen molar-refractivity contribution in [3.63, 3.8) is 0 Å². The lowest BCUT2D eigenvalue weighted by molar-refractivity contribution is 0.234. The third-order valence-corrected chi connectivity index (χ3v) is 4.92. The molecule has 1 fully saturated rings. The number of benzene rings is 1. The van der Waals surface area contributed by atoms with Crippen molar-refractivity contribution in [3.8, 4) is 0 Å². The second-order valence-electron chi connectivity index (χ2n) is 6.73. The molecule has 25 heavy (non-hydrogen) atoms. The van der Waals surface area contributed by atoms with Gasteiger partial charge in [-0.15, -0.1) is 0 Å². The Labute approximate surface area is 150 Å². The first-order valence-electron chi connectivity index (χ1n) is 9.33. The Balaban J connectivity index is 1.61. The minimum atomic E-state index is 0.617. The van der Waals surface area contributed by atoms with Crippen molar-refractivity contribution in [3.05, 3.63) is 54.4 Å². The fourth-order valence-corrected chi connectivity index (χ4v) is 3.65. The molecule has 2 heterocycles. The summed E-state index contributed by atoms with van der Waals surface area (Å²) in [5.74, 6) is 2.29. The SMILES string of the molecule is CCNC(=NCCn1cccn1)N1CCC(c2ccccc2)C(C)C1. The van der Waals surface area contributed by atoms with Gasteiger partial charge in [0.1, 0.15) is 0 Å². The van der Waals surface area contributed by atoms with Crippen molar-refractivity contribution in [2.45, 2.75) is 32.7 Å². The number of aliphatic imine (C=N–C) groups is 1. The van der Waals surface area contributed by atoms with Gasteiger partial charge in [-0.3, -0.25) is 9.67 Å². The Hall–Kier alpha value is -2.30. The van der Waals surface area contributed by atoms with Crippen LogP contribution in [0.1, 0.15) is 31.7 Å². The van der Waals surface area contributed by atoms with E-state index in [1.54, 1.807) is 0 Å². The first kappa shape index (κ1) is 17.5. The van der Waals surface area contributed by atoms with Gasteiger partial charge < -0.3 is 10.2 Å². The first-order valence-corrected chi connectivity index (χ1v) is 9.33. The van der Waals surface area contributed by atoms with Crippen molar-refractivity contribution in [2.75, 3.05) is 26.2 Å². The van der Waals surface area contributed by atoms with Crippen molar-refractivity contribution >= 4 is 5.96 Å². The molecule has 1 aromatic carbocycles. The Kier molecular flexibility index (Phi) is 6.09. The van der Waals surface area contributed by atoms with Gasteiger partial charge in [0.2, 0.25) is 0 Å². The molecular formula is C20H29N5. The first-order chi connectivity index (χ1) is 12.3. The molecule has 0 aliphatic carbocycles. The Morgan fingerprint density at radius 3 is 2.80 bits per heavy atom. The molecule has 1 aromatic heterocycles. The van der Waals surface area contributed by atoms with E-state index in [0.717, 1.165) is 38.7 Å². The Bertz CT molecular complexity index is 650. The molecule has 5 heteroatoms. The molecule has 2 atom stereocenters. The summed E-state index contributed by atoms with van der Waals surface area (Å²) in [5.41, 5.74) is 1.47. The molecule has 1 aliphatic rings. The number of hydrogen-bond donors (Lipinski definition) is 1. The van der Waals surface area contributed by atoms with Crippen LogP contribution in [0.2, 0.25) is 0 Å². The average molecular weight is 339 g/mol. The molecule has 2 aromatic rings. The lowest BCUT2D eigenvalue weighted by atomic mass is 9.82. The van der Waals surface area contributed by atoms with Crippen LogP contribution in [0, 0.1) is 5.92 Å². The molecule has 2 unspecified atom stereocenters. The highest BCUT2D eigenvalue weighted by Crippen LogP contribution is 2.32. The largest absolute Gasteiger partial charge is 0.357 e. The van der Waals surface area contributed by atoms with Crippen LogP contribution in [0.4, 0.5) is 0 Å². The fraction of sp³-hybridized carbons (Fsp3) is 0.500. The van der Waals surface area contributed by atoms with E-state index in [0.29, 0.717) is 11.8 Å². The van der Waals surface area contributed by atoms with Gasteiger partial charge in [-0.1, -0.05) is 37.3 Å². The summed E-state index contributed by atoms with van der Waals surface area (Å²) >= 11 is 0. The number of hydrogen-bond acceptors (Lipinski definition) is 2. The third-order valence-electron chi connectivity index (χ3n) is 4.92. The highest BCUT2D eigenvalue weighted by atomic mass is 15.3. The van der Waals surface area contributed by atoms with E-state index in [1.165, 1.54) is 12.0 Å². The van der Waals surface area contributed by atoms with E-state index in [1.807, 2.05) is 23.1 Å². The summed E-state index contributed by atoms with van der Waals surface area (Å²) in [6.07, 6.45) is 4.97. The number of aromatic nitrogens is 2. The van der Waals surface area contributed by atoms with Crippen LogP contribution in [0.15, 0.2) is 53.8 Å². The molecule has 0 radical (unpaired) electrons. The number of likely N-dealkylation sites (tertiary alicyclic amines) is 1. The van der Waals surface area contributed by atoms with Crippen molar-refractivity contribution in [2.24, 2.45) is 10.9 Å². The number of guanidine groups is 1. The van der Waals surface area contributed by atoms with Crippen LogP contribution in [-0.2, 0) is 6.54 Å². The van der Waals surface area contributed by atoms with Crippen LogP contribution in [0.3, 0.4) is 0 Å². The molecule has 5 nitrogen and oxygen atoms in total. The van der Waals surface area contributed by atoms with Gasteiger partial charge in [0, 0.05) is 32.0 Å². The predicted molar refractivity (Wildman–Crippen MR) is 103 cm³/mol. The summed E-state index contributed by atoms with van der Waals surface area (Å²) in [4.78, 5) is 7.23. The number of nitrogens with one attached hydrogen (secondary N) is 1. The molecule has 0 amide bonds. The van der Waals surface area contributed by atoms with E-state index in [-0.39, 0.29) is 0 Å². The van der Waals surface area contributed by atoms with E-state index in [2.05, 4.69) is 59.5 Å². The summed E-state index contributed by atoms with van der Waals surface area (Å²) in [7, 11) is 0. The molecule has 1 aliphatic heterocycles. The second-order valence-corrected chi connectivity index (χ2v) is 6.73. The van der Waals surface area contributed by atoms with Gasteiger partial charge in [-0.2, -0.15) is 5.10 Å². The normalized spacial score (nSPS) is 21.4. The number of piperidine rings is 1. The minimum Gasteiger partial charge on any atom is -0.357 e. The van der Waals surface area contributed by atoms with Gasteiger partial charge in [0.05, 0.1) is 13.1 Å². The average Bonchev–Trinajstić information content (AvgIpc) is 3.15. The van der Waals surface area contributed by atoms with Crippen LogP contribution in [0.5, 0.6) is 0 Å². The zero-order valence-electron chi connectivity index (χ0n) is 15.3. The Morgan fingerprint density at radius 2 is 2.12 bits per heavy atom. The van der Waals surface area contributed by atoms with Gasteiger partial charge in [-0.05, 0) is 36.8 Å². The molecule has 0 spiro atoms. The summed E-state index contributed by atoms with van der Waals surface area (Å²) in [6.45, 7) is 9.05. The number of nitrogens with zero attached hydrogens (tertiary/aromatic N) is 4. The monoisotopic (exact) mass is 339 g/mol. The topological polar surface area (TPSA) is 45.5 Å². The van der Waals surface area contributed by atoms with Crippen LogP contribution >= 0.6 is 0 Å². The van der Waals surface area contributed by atoms with Crippen LogP contribution < -0.4 is 5.32 Å². The van der Waals surface area contributed by atoms with Crippen molar-refractivity contribution < 1.29 is 0 Å². The van der Waals surface area contributed by atoms with E-state index in [4.69, 9.17) is 4.99 Å². The van der Waals surface area contributed by atoms with Gasteiger partial charge in [0.15, 0.2) is 5.96 Å². The summed E-state index contributed by atoms with van der Waals surface area (Å²) in [5, 5.41) is 7.69. The minimum absolute atomic E-state index is 0.617. The molecule has 3 rings (SSSR count). The maximum absolute atomic E-state index is 4.81. The maximum atomic E-state index is 4.81. The summed E-state index contributed by atoms with van der Waals surface area (Å²) < 4.78 is 1.93. The van der Waals surface area contributed by atoms with E-state index < -0.39 is 0 Å². The second kappa shape index (κ2) is 8.70. The zero-order valence-corrected chi connectivity index (χ0v) is 15.3. The molecule has 0 bridgehead atoms. The lowest BCUT2D eigenvalue weighted by Crippen LogP contribution is -2.48. The van der Waals surface area contributed by atoms with Gasteiger partial charge >= 0.3 is 0 Å². The highest BCUT2D eigenvalue weighted by molar-refractivity contribution is 5.80. The predicted octanol–water partition coefficient (Wildman–Crippen LogP) is 2.97. The Morgan fingerprint density at radius 1 is 1.28 bits per heavy atom. The fourth-order valence-electron chi connectivity index (χ4n) is 3.65. The molecule has 1 N–H and O–H groups in total. The van der Waals surface area contributed by atoms with E-state index >= 15 is 0 Å². The van der Waals surface area contributed by atoms with Crippen LogP contribution in [-0.4, -0.2) is 46.8 Å². The quantitative estimate of drug-likeness (QED) is 0.673. The molecule has 0 saturated carbocycles. The van der Waals surface area contributed by atoms with Crippen molar-refractivity contribution in [1.82, 2.24) is 20.0 Å². The lowest BCUT2D eigenvalue weighted by Gasteiger charge is -2.39. The molecule has 134 valence electrons. The van der Waals surface area contributed by atoms with Gasteiger partial charge in [-0.25, -0.2) is 0 Å². The third kappa shape index (κ3) is 4.62. The highest BCUT2D eigenvalue weighted by Gasteiger charge is 2.28. The van der Waals surface area contributed by atoms with E-state index in [9.17, 15) is 0 Å². The van der Waals surface area contributed by atoms with Crippen LogP contribution in [0.25, 0.3) is 0 Å². The molecule has 1 saturated heterocycles. The van der Waals surface area contributed by atoms with Gasteiger partial charge in [0.25, 0.3) is 0 Å². The summed E-state index contributed by atoms with van der Waals surface area (Å²) in [6, 6.07) is 12.9.